The molecule has 2 aromatic heterocycles. The Balaban J connectivity index is 2.04. The van der Waals surface area contributed by atoms with Crippen LogP contribution in [0.5, 0.6) is 0 Å². The summed E-state index contributed by atoms with van der Waals surface area (Å²) in [5, 5.41) is 2.72. The Kier molecular flexibility index (Phi) is 4.69. The second-order valence-corrected chi connectivity index (χ2v) is 8.02. The van der Waals surface area contributed by atoms with Crippen LogP contribution in [0.1, 0.15) is 19.8 Å². The third-order valence-corrected chi connectivity index (χ3v) is 6.24. The number of nitrogens with zero attached hydrogens (tertiary/aromatic N) is 2. The number of nitrogens with one attached hydrogen (secondary N) is 2. The Morgan fingerprint density at radius 1 is 1.38 bits per heavy atom. The molecule has 1 amide bonds. The Hall–Kier alpha value is -2.14. The first-order valence-electron chi connectivity index (χ1n) is 7.88. The van der Waals surface area contributed by atoms with E-state index in [1.165, 1.54) is 25.3 Å². The van der Waals surface area contributed by atoms with E-state index in [-0.39, 0.29) is 22.3 Å². The largest absolute Gasteiger partial charge is 0.405 e. The van der Waals surface area contributed by atoms with Gasteiger partial charge in [0.1, 0.15) is 16.6 Å². The van der Waals surface area contributed by atoms with Gasteiger partial charge in [0.05, 0.1) is 0 Å². The van der Waals surface area contributed by atoms with E-state index in [0.29, 0.717) is 4.31 Å². The average molecular weight is 390 g/mol. The van der Waals surface area contributed by atoms with Gasteiger partial charge in [0.2, 0.25) is 15.9 Å². The van der Waals surface area contributed by atoms with Crippen molar-refractivity contribution in [3.63, 3.8) is 0 Å². The normalized spacial score (nSPS) is 22.5. The van der Waals surface area contributed by atoms with Crippen molar-refractivity contribution in [3.8, 4) is 0 Å². The Bertz CT molecular complexity index is 926. The van der Waals surface area contributed by atoms with Crippen molar-refractivity contribution in [2.45, 2.75) is 42.9 Å². The van der Waals surface area contributed by atoms with Gasteiger partial charge in [-0.1, -0.05) is 0 Å². The van der Waals surface area contributed by atoms with E-state index in [1.54, 1.807) is 0 Å². The number of hydrogen-bond donors (Lipinski definition) is 2. The number of aromatic nitrogens is 2. The van der Waals surface area contributed by atoms with Crippen molar-refractivity contribution >= 4 is 27.0 Å². The third-order valence-electron chi connectivity index (χ3n) is 4.32. The van der Waals surface area contributed by atoms with Crippen LogP contribution >= 0.6 is 0 Å². The number of sulfonamides is 1. The summed E-state index contributed by atoms with van der Waals surface area (Å²) in [4.78, 5) is 17.6. The van der Waals surface area contributed by atoms with E-state index in [2.05, 4.69) is 15.3 Å². The molecule has 0 aliphatic carbocycles. The van der Waals surface area contributed by atoms with Crippen LogP contribution in [-0.2, 0) is 14.8 Å². The number of halogens is 3. The molecule has 11 heteroatoms. The van der Waals surface area contributed by atoms with Crippen molar-refractivity contribution < 1.29 is 26.4 Å². The van der Waals surface area contributed by atoms with Gasteiger partial charge < -0.3 is 10.3 Å². The monoisotopic (exact) mass is 390 g/mol. The number of pyridine rings is 1. The molecular formula is C15H17F3N4O3S. The number of aromatic amines is 1. The van der Waals surface area contributed by atoms with Gasteiger partial charge >= 0.3 is 6.18 Å². The zero-order valence-electron chi connectivity index (χ0n) is 13.7. The fraction of sp³-hybridized carbons (Fsp3) is 0.467. The lowest BCUT2D eigenvalue weighted by Crippen LogP contribution is -2.57. The second-order valence-electron chi connectivity index (χ2n) is 6.16. The number of amides is 1. The van der Waals surface area contributed by atoms with Gasteiger partial charge in [-0.2, -0.15) is 17.5 Å². The maximum absolute atomic E-state index is 13.5. The maximum Gasteiger partial charge on any atom is 0.405 e. The second kappa shape index (κ2) is 6.54. The first-order chi connectivity index (χ1) is 12.1. The number of fused-ring (bicyclic) bond motifs is 1. The molecule has 1 aliphatic rings. The van der Waals surface area contributed by atoms with E-state index in [1.807, 2.05) is 0 Å². The summed E-state index contributed by atoms with van der Waals surface area (Å²) in [7, 11) is -4.46. The fourth-order valence-corrected chi connectivity index (χ4v) is 5.05. The van der Waals surface area contributed by atoms with Crippen LogP contribution in [-0.4, -0.2) is 53.4 Å². The van der Waals surface area contributed by atoms with Gasteiger partial charge in [-0.05, 0) is 25.0 Å². The van der Waals surface area contributed by atoms with Crippen LogP contribution in [0, 0.1) is 0 Å². The molecule has 0 bridgehead atoms. The molecule has 1 fully saturated rings. The highest BCUT2D eigenvalue weighted by Gasteiger charge is 2.51. The number of carbonyl (C=O) groups excluding carboxylic acids is 1. The predicted octanol–water partition coefficient (Wildman–Crippen LogP) is 1.78. The Labute approximate surface area is 147 Å². The highest BCUT2D eigenvalue weighted by Crippen LogP contribution is 2.36. The van der Waals surface area contributed by atoms with Gasteiger partial charge in [0.25, 0.3) is 0 Å². The molecule has 0 radical (unpaired) electrons. The van der Waals surface area contributed by atoms with Gasteiger partial charge in [-0.3, -0.25) is 4.79 Å². The van der Waals surface area contributed by atoms with Crippen molar-refractivity contribution in [1.29, 1.82) is 0 Å². The van der Waals surface area contributed by atoms with Crippen LogP contribution in [0.15, 0.2) is 29.4 Å². The minimum atomic E-state index is -4.71. The molecule has 2 aromatic rings. The minimum Gasteiger partial charge on any atom is -0.352 e. The summed E-state index contributed by atoms with van der Waals surface area (Å²) < 4.78 is 66.8. The standard InChI is InChI=1S/C15H17F3N4O3S/c1-9(23)21-10-4-5-13(15(16,17)18)22(8-10)26(24,25)12-7-20-14-11(12)3-2-6-19-14/h2-3,6-7,10,13H,4-5,8H2,1H3,(H,19,20)(H,21,23). The van der Waals surface area contributed by atoms with Gasteiger partial charge in [0.15, 0.2) is 0 Å². The molecule has 2 unspecified atom stereocenters. The molecule has 26 heavy (non-hydrogen) atoms. The lowest BCUT2D eigenvalue weighted by molar-refractivity contribution is -0.178. The SMILES string of the molecule is CC(=O)NC1CCC(C(F)(F)F)N(S(=O)(=O)c2c[nH]c3ncccc23)C1. The third kappa shape index (κ3) is 3.40. The molecule has 0 aromatic carbocycles. The predicted molar refractivity (Wildman–Crippen MR) is 86.7 cm³/mol. The first kappa shape index (κ1) is 18.6. The summed E-state index contributed by atoms with van der Waals surface area (Å²) in [6, 6.07) is 0.166. The van der Waals surface area contributed by atoms with Crippen LogP contribution in [0.4, 0.5) is 13.2 Å². The van der Waals surface area contributed by atoms with Crippen LogP contribution in [0.2, 0.25) is 0 Å². The fourth-order valence-electron chi connectivity index (χ4n) is 3.21. The van der Waals surface area contributed by atoms with Gasteiger partial charge in [-0.15, -0.1) is 0 Å². The summed E-state index contributed by atoms with van der Waals surface area (Å²) >= 11 is 0. The molecule has 2 atom stereocenters. The molecule has 0 spiro atoms. The smallest absolute Gasteiger partial charge is 0.352 e. The Morgan fingerprint density at radius 3 is 2.77 bits per heavy atom. The lowest BCUT2D eigenvalue weighted by Gasteiger charge is -2.39. The molecular weight excluding hydrogens is 373 g/mol. The summed E-state index contributed by atoms with van der Waals surface area (Å²) in [6.45, 7) is 0.791. The van der Waals surface area contributed by atoms with E-state index in [4.69, 9.17) is 0 Å². The number of rotatable bonds is 3. The van der Waals surface area contributed by atoms with Crippen molar-refractivity contribution in [3.05, 3.63) is 24.5 Å². The molecule has 3 heterocycles. The van der Waals surface area contributed by atoms with Crippen LogP contribution in [0.25, 0.3) is 11.0 Å². The zero-order chi connectivity index (χ0) is 19.1. The zero-order valence-corrected chi connectivity index (χ0v) is 14.6. The lowest BCUT2D eigenvalue weighted by atomic mass is 10.0. The van der Waals surface area contributed by atoms with Gasteiger partial charge in [-0.25, -0.2) is 13.4 Å². The Morgan fingerprint density at radius 2 is 2.12 bits per heavy atom. The molecule has 1 saturated heterocycles. The van der Waals surface area contributed by atoms with Crippen molar-refractivity contribution in [2.75, 3.05) is 6.54 Å². The number of carbonyl (C=O) groups is 1. The number of alkyl halides is 3. The summed E-state index contributed by atoms with van der Waals surface area (Å²) in [5.41, 5.74) is 0.269. The first-order valence-corrected chi connectivity index (χ1v) is 9.32. The highest BCUT2D eigenvalue weighted by molar-refractivity contribution is 7.89. The van der Waals surface area contributed by atoms with E-state index >= 15 is 0 Å². The van der Waals surface area contributed by atoms with E-state index < -0.39 is 47.2 Å². The molecule has 3 rings (SSSR count). The van der Waals surface area contributed by atoms with E-state index in [0.717, 1.165) is 6.20 Å². The number of H-pyrrole nitrogens is 1. The molecule has 142 valence electrons. The van der Waals surface area contributed by atoms with Crippen LogP contribution < -0.4 is 5.32 Å². The minimum absolute atomic E-state index is 0.0468. The van der Waals surface area contributed by atoms with E-state index in [9.17, 15) is 26.4 Å². The average Bonchev–Trinajstić information content (AvgIpc) is 2.98. The van der Waals surface area contributed by atoms with Gasteiger partial charge in [0, 0.05) is 37.3 Å². The van der Waals surface area contributed by atoms with Crippen LogP contribution in [0.3, 0.4) is 0 Å². The number of piperidine rings is 1. The quantitative estimate of drug-likeness (QED) is 0.835. The summed E-state index contributed by atoms with van der Waals surface area (Å²) in [5.74, 6) is -0.422. The van der Waals surface area contributed by atoms with Crippen molar-refractivity contribution in [1.82, 2.24) is 19.6 Å². The van der Waals surface area contributed by atoms with Crippen molar-refractivity contribution in [2.24, 2.45) is 0 Å². The number of hydrogen-bond acceptors (Lipinski definition) is 4. The maximum atomic E-state index is 13.5. The molecule has 2 N–H and O–H groups in total. The highest BCUT2D eigenvalue weighted by atomic mass is 32.2. The summed E-state index contributed by atoms with van der Waals surface area (Å²) in [6.07, 6.45) is -2.50. The topological polar surface area (TPSA) is 95.2 Å². The molecule has 1 aliphatic heterocycles. The molecule has 7 nitrogen and oxygen atoms in total. The molecule has 0 saturated carbocycles.